The second kappa shape index (κ2) is 8.50. The number of hydrogen-bond acceptors (Lipinski definition) is 4. The predicted octanol–water partition coefficient (Wildman–Crippen LogP) is 2.84. The molecule has 1 aliphatic carbocycles. The number of carbonyl (C=O) groups excluding carboxylic acids is 1. The number of piperidine rings is 1. The molecule has 3 aliphatic rings. The Morgan fingerprint density at radius 3 is 2.79 bits per heavy atom. The number of likely N-dealkylation sites (N-methyl/N-ethyl adjacent to an activating group) is 1. The van der Waals surface area contributed by atoms with Crippen LogP contribution in [0.2, 0.25) is 0 Å². The van der Waals surface area contributed by atoms with Crippen molar-refractivity contribution < 1.29 is 4.79 Å². The molecule has 3 fully saturated rings. The van der Waals surface area contributed by atoms with Gasteiger partial charge in [0.1, 0.15) is 0 Å². The van der Waals surface area contributed by atoms with Crippen molar-refractivity contribution in [1.82, 2.24) is 19.7 Å². The molecular weight excluding hydrogens is 348 g/mol. The largest absolute Gasteiger partial charge is 0.341 e. The molecule has 2 atom stereocenters. The topological polar surface area (TPSA) is 39.7 Å². The first-order valence-corrected chi connectivity index (χ1v) is 11.1. The summed E-state index contributed by atoms with van der Waals surface area (Å²) in [6.45, 7) is 5.80. The minimum Gasteiger partial charge on any atom is -0.341 e. The molecule has 0 N–H and O–H groups in total. The van der Waals surface area contributed by atoms with Crippen LogP contribution in [0.5, 0.6) is 0 Å². The van der Waals surface area contributed by atoms with E-state index in [2.05, 4.69) is 39.8 Å². The zero-order valence-electron chi connectivity index (χ0n) is 17.6. The average Bonchev–Trinajstić information content (AvgIpc) is 3.32. The van der Waals surface area contributed by atoms with Gasteiger partial charge in [0.2, 0.25) is 5.91 Å². The van der Waals surface area contributed by atoms with Crippen LogP contribution in [0.4, 0.5) is 0 Å². The summed E-state index contributed by atoms with van der Waals surface area (Å²) in [5.74, 6) is 1.49. The molecule has 0 radical (unpaired) electrons. The maximum absolute atomic E-state index is 13.8. The molecule has 2 aliphatic heterocycles. The van der Waals surface area contributed by atoms with E-state index in [1.54, 1.807) is 0 Å². The summed E-state index contributed by atoms with van der Waals surface area (Å²) < 4.78 is 0. The summed E-state index contributed by atoms with van der Waals surface area (Å²) in [4.78, 5) is 25.1. The van der Waals surface area contributed by atoms with Crippen LogP contribution >= 0.6 is 0 Å². The predicted molar refractivity (Wildman–Crippen MR) is 112 cm³/mol. The number of pyridine rings is 1. The summed E-state index contributed by atoms with van der Waals surface area (Å²) >= 11 is 0. The number of rotatable bonds is 6. The smallest absolute Gasteiger partial charge is 0.230 e. The van der Waals surface area contributed by atoms with Crippen molar-refractivity contribution in [2.45, 2.75) is 44.4 Å². The third-order valence-electron chi connectivity index (χ3n) is 7.27. The maximum atomic E-state index is 13.8. The van der Waals surface area contributed by atoms with Crippen molar-refractivity contribution in [1.29, 1.82) is 0 Å². The van der Waals surface area contributed by atoms with E-state index in [0.717, 1.165) is 51.5 Å². The Labute approximate surface area is 170 Å². The molecule has 1 amide bonds. The van der Waals surface area contributed by atoms with Gasteiger partial charge in [-0.15, -0.1) is 0 Å². The molecule has 1 saturated carbocycles. The summed E-state index contributed by atoms with van der Waals surface area (Å²) in [6.07, 6.45) is 11.5. The average molecular weight is 385 g/mol. The fraction of sp³-hybridized carbons (Fsp3) is 0.739. The molecule has 1 aromatic rings. The van der Waals surface area contributed by atoms with Gasteiger partial charge in [0, 0.05) is 57.6 Å². The minimum absolute atomic E-state index is 0.258. The van der Waals surface area contributed by atoms with E-state index < -0.39 is 0 Å². The zero-order valence-corrected chi connectivity index (χ0v) is 17.6. The Hall–Kier alpha value is -1.46. The first kappa shape index (κ1) is 19.8. The van der Waals surface area contributed by atoms with Crippen molar-refractivity contribution in [2.24, 2.45) is 11.3 Å². The zero-order chi connectivity index (χ0) is 19.6. The van der Waals surface area contributed by atoms with Crippen molar-refractivity contribution in [2.75, 3.05) is 53.4 Å². The van der Waals surface area contributed by atoms with Crippen molar-refractivity contribution in [3.05, 3.63) is 30.1 Å². The molecule has 0 bridgehead atoms. The molecule has 0 aromatic carbocycles. The summed E-state index contributed by atoms with van der Waals surface area (Å²) in [5, 5.41) is 0. The number of amides is 1. The van der Waals surface area contributed by atoms with Gasteiger partial charge in [0.15, 0.2) is 0 Å². The quantitative estimate of drug-likeness (QED) is 0.756. The summed E-state index contributed by atoms with van der Waals surface area (Å²) in [6, 6.07) is 4.21. The summed E-state index contributed by atoms with van der Waals surface area (Å²) in [5.41, 5.74) is 0.992. The van der Waals surface area contributed by atoms with Crippen molar-refractivity contribution >= 4 is 5.91 Å². The summed E-state index contributed by atoms with van der Waals surface area (Å²) in [7, 11) is 4.17. The highest BCUT2D eigenvalue weighted by molar-refractivity contribution is 5.85. The van der Waals surface area contributed by atoms with Gasteiger partial charge in [0.05, 0.1) is 5.41 Å². The van der Waals surface area contributed by atoms with Crippen LogP contribution in [0.15, 0.2) is 24.5 Å². The Kier molecular flexibility index (Phi) is 6.02. The lowest BCUT2D eigenvalue weighted by Gasteiger charge is -2.43. The molecule has 1 aromatic heterocycles. The number of nitrogens with zero attached hydrogens (tertiary/aromatic N) is 4. The highest BCUT2D eigenvalue weighted by Crippen LogP contribution is 2.49. The van der Waals surface area contributed by atoms with E-state index in [4.69, 9.17) is 0 Å². The number of likely N-dealkylation sites (tertiary alicyclic amines) is 2. The van der Waals surface area contributed by atoms with Crippen LogP contribution in [0.3, 0.4) is 0 Å². The van der Waals surface area contributed by atoms with E-state index in [-0.39, 0.29) is 11.3 Å². The second-order valence-electron chi connectivity index (χ2n) is 9.54. The maximum Gasteiger partial charge on any atom is 0.230 e. The molecule has 154 valence electrons. The first-order chi connectivity index (χ1) is 13.6. The molecule has 5 heteroatoms. The van der Waals surface area contributed by atoms with Crippen LogP contribution in [-0.4, -0.2) is 79.0 Å². The first-order valence-electron chi connectivity index (χ1n) is 11.1. The Morgan fingerprint density at radius 1 is 1.25 bits per heavy atom. The molecular formula is C23H36N4O. The SMILES string of the molecule is CN(C)CCN1CCC[C@@]2(CN(CC3CCCC3)C[C@@H]2c2cccnc2)C1=O. The van der Waals surface area contributed by atoms with Gasteiger partial charge in [-0.2, -0.15) is 0 Å². The van der Waals surface area contributed by atoms with E-state index in [9.17, 15) is 4.79 Å². The normalized spacial score (nSPS) is 29.5. The van der Waals surface area contributed by atoms with Gasteiger partial charge < -0.3 is 14.7 Å². The third-order valence-corrected chi connectivity index (χ3v) is 7.27. The van der Waals surface area contributed by atoms with Gasteiger partial charge in [-0.3, -0.25) is 9.78 Å². The van der Waals surface area contributed by atoms with Crippen molar-refractivity contribution in [3.63, 3.8) is 0 Å². The second-order valence-corrected chi connectivity index (χ2v) is 9.54. The Morgan fingerprint density at radius 2 is 2.07 bits per heavy atom. The van der Waals surface area contributed by atoms with E-state index >= 15 is 0 Å². The van der Waals surface area contributed by atoms with E-state index in [1.807, 2.05) is 18.5 Å². The van der Waals surface area contributed by atoms with Gasteiger partial charge in [-0.1, -0.05) is 18.9 Å². The monoisotopic (exact) mass is 384 g/mol. The molecule has 3 heterocycles. The van der Waals surface area contributed by atoms with Crippen molar-refractivity contribution in [3.8, 4) is 0 Å². The van der Waals surface area contributed by atoms with Gasteiger partial charge in [-0.05, 0) is 57.3 Å². The molecule has 1 spiro atoms. The number of aromatic nitrogens is 1. The molecule has 2 saturated heterocycles. The highest BCUT2D eigenvalue weighted by Gasteiger charge is 2.55. The fourth-order valence-corrected chi connectivity index (χ4v) is 5.82. The molecule has 0 unspecified atom stereocenters. The lowest BCUT2D eigenvalue weighted by Crippen LogP contribution is -2.53. The highest BCUT2D eigenvalue weighted by atomic mass is 16.2. The minimum atomic E-state index is -0.258. The van der Waals surface area contributed by atoms with Crippen LogP contribution < -0.4 is 0 Å². The molecule has 28 heavy (non-hydrogen) atoms. The van der Waals surface area contributed by atoms with E-state index in [1.165, 1.54) is 37.8 Å². The lowest BCUT2D eigenvalue weighted by atomic mass is 9.69. The van der Waals surface area contributed by atoms with E-state index in [0.29, 0.717) is 5.91 Å². The number of carbonyl (C=O) groups is 1. The fourth-order valence-electron chi connectivity index (χ4n) is 5.82. The number of hydrogen-bond donors (Lipinski definition) is 0. The van der Waals surface area contributed by atoms with Crippen LogP contribution in [0, 0.1) is 11.3 Å². The van der Waals surface area contributed by atoms with Gasteiger partial charge in [0.25, 0.3) is 0 Å². The van der Waals surface area contributed by atoms with Crippen LogP contribution in [0.1, 0.15) is 50.0 Å². The standard InChI is InChI=1S/C23H36N4O/c1-25(2)13-14-27-12-6-10-23(22(27)28)18-26(16-19-7-3-4-8-19)17-21(23)20-9-5-11-24-15-20/h5,9,11,15,19,21H,3-4,6-8,10,12-14,16-18H2,1-2H3/t21-,23+/m1/s1. The van der Waals surface area contributed by atoms with Gasteiger partial charge >= 0.3 is 0 Å². The molecule has 4 rings (SSSR count). The third kappa shape index (κ3) is 3.97. The van der Waals surface area contributed by atoms with Gasteiger partial charge in [-0.25, -0.2) is 0 Å². The Bertz CT molecular complexity index is 658. The van der Waals surface area contributed by atoms with Crippen LogP contribution in [0.25, 0.3) is 0 Å². The van der Waals surface area contributed by atoms with Crippen LogP contribution in [-0.2, 0) is 4.79 Å². The molecule has 5 nitrogen and oxygen atoms in total. The Balaban J connectivity index is 1.57. The lowest BCUT2D eigenvalue weighted by molar-refractivity contribution is -0.146.